The van der Waals surface area contributed by atoms with Gasteiger partial charge in [-0.25, -0.2) is 8.78 Å². The van der Waals surface area contributed by atoms with Gasteiger partial charge in [0.15, 0.2) is 5.96 Å². The molecule has 0 aromatic heterocycles. The number of nitrogens with zero attached hydrogens (tertiary/aromatic N) is 1. The van der Waals surface area contributed by atoms with Crippen molar-refractivity contribution in [3.8, 4) is 5.75 Å². The van der Waals surface area contributed by atoms with E-state index in [9.17, 15) is 13.9 Å². The lowest BCUT2D eigenvalue weighted by Crippen LogP contribution is -2.39. The average Bonchev–Trinajstić information content (AvgIpc) is 2.66. The maximum absolute atomic E-state index is 13.9. The Balaban J connectivity index is 2.06. The minimum atomic E-state index is -0.788. The predicted molar refractivity (Wildman–Crippen MR) is 102 cm³/mol. The van der Waals surface area contributed by atoms with Crippen LogP contribution in [-0.4, -0.2) is 31.3 Å². The summed E-state index contributed by atoms with van der Waals surface area (Å²) in [7, 11) is 1.58. The van der Waals surface area contributed by atoms with Crippen LogP contribution in [0.5, 0.6) is 5.75 Å². The number of benzene rings is 2. The van der Waals surface area contributed by atoms with Crippen LogP contribution in [0.3, 0.4) is 0 Å². The van der Waals surface area contributed by atoms with Crippen molar-refractivity contribution >= 4 is 5.96 Å². The van der Waals surface area contributed by atoms with Gasteiger partial charge in [-0.2, -0.15) is 0 Å². The van der Waals surface area contributed by atoms with Gasteiger partial charge in [-0.3, -0.25) is 4.99 Å². The molecule has 0 aliphatic rings. The Bertz CT molecular complexity index is 766. The maximum Gasteiger partial charge on any atom is 0.191 e. The van der Waals surface area contributed by atoms with Crippen molar-refractivity contribution < 1.29 is 18.6 Å². The van der Waals surface area contributed by atoms with Crippen molar-refractivity contribution in [2.45, 2.75) is 26.0 Å². The van der Waals surface area contributed by atoms with Crippen molar-refractivity contribution in [1.82, 2.24) is 10.6 Å². The number of guanidine groups is 1. The lowest BCUT2D eigenvalue weighted by Gasteiger charge is -2.19. The van der Waals surface area contributed by atoms with Gasteiger partial charge in [-0.05, 0) is 37.6 Å². The van der Waals surface area contributed by atoms with Crippen molar-refractivity contribution in [3.05, 3.63) is 65.2 Å². The summed E-state index contributed by atoms with van der Waals surface area (Å²) in [5, 5.41) is 16.4. The molecule has 2 aromatic rings. The molecule has 0 heterocycles. The Kier molecular flexibility index (Phi) is 7.55. The highest BCUT2D eigenvalue weighted by Crippen LogP contribution is 2.19. The van der Waals surface area contributed by atoms with Gasteiger partial charge in [-0.1, -0.05) is 18.2 Å². The first-order valence-corrected chi connectivity index (χ1v) is 8.76. The summed E-state index contributed by atoms with van der Waals surface area (Å²) in [4.78, 5) is 4.36. The van der Waals surface area contributed by atoms with Crippen LogP contribution in [0.25, 0.3) is 0 Å². The number of nitrogens with one attached hydrogen (secondary N) is 2. The van der Waals surface area contributed by atoms with E-state index in [1.807, 2.05) is 6.92 Å². The molecule has 2 atom stereocenters. The van der Waals surface area contributed by atoms with Crippen LogP contribution in [0, 0.1) is 11.6 Å². The zero-order chi connectivity index (χ0) is 19.8. The van der Waals surface area contributed by atoms with E-state index in [1.165, 1.54) is 12.1 Å². The van der Waals surface area contributed by atoms with E-state index in [2.05, 4.69) is 15.6 Å². The first kappa shape index (κ1) is 20.6. The molecule has 27 heavy (non-hydrogen) atoms. The zero-order valence-electron chi connectivity index (χ0n) is 15.7. The molecule has 7 heteroatoms. The monoisotopic (exact) mass is 377 g/mol. The molecule has 3 N–H and O–H groups in total. The minimum Gasteiger partial charge on any atom is -0.497 e. The van der Waals surface area contributed by atoms with E-state index in [4.69, 9.17) is 4.74 Å². The van der Waals surface area contributed by atoms with Crippen LogP contribution in [0.15, 0.2) is 47.5 Å². The molecule has 0 bridgehead atoms. The number of aliphatic hydroxyl groups excluding tert-OH is 1. The number of rotatable bonds is 7. The fraction of sp³-hybridized carbons (Fsp3) is 0.350. The van der Waals surface area contributed by atoms with Gasteiger partial charge in [0.25, 0.3) is 0 Å². The summed E-state index contributed by atoms with van der Waals surface area (Å²) in [6, 6.07) is 10.1. The molecule has 2 unspecified atom stereocenters. The SMILES string of the molecule is CCNC(=NCC(O)c1ccc(OC)cc1)NC(C)c1ccc(F)cc1F. The van der Waals surface area contributed by atoms with E-state index >= 15 is 0 Å². The Morgan fingerprint density at radius 2 is 1.89 bits per heavy atom. The van der Waals surface area contributed by atoms with Crippen LogP contribution in [0.4, 0.5) is 8.78 Å². The van der Waals surface area contributed by atoms with Gasteiger partial charge in [0, 0.05) is 18.2 Å². The quantitative estimate of drug-likeness (QED) is 0.512. The fourth-order valence-electron chi connectivity index (χ4n) is 2.56. The number of aliphatic hydroxyl groups is 1. The summed E-state index contributed by atoms with van der Waals surface area (Å²) < 4.78 is 32.1. The standard InChI is InChI=1S/C20H25F2N3O2/c1-4-23-20(25-13(2)17-10-7-15(21)11-18(17)22)24-12-19(26)14-5-8-16(27-3)9-6-14/h5-11,13,19,26H,4,12H2,1-3H3,(H2,23,24,25). The highest BCUT2D eigenvalue weighted by atomic mass is 19.1. The molecule has 0 aliphatic heterocycles. The van der Waals surface area contributed by atoms with Gasteiger partial charge < -0.3 is 20.5 Å². The van der Waals surface area contributed by atoms with Gasteiger partial charge in [-0.15, -0.1) is 0 Å². The van der Waals surface area contributed by atoms with Crippen molar-refractivity contribution in [2.75, 3.05) is 20.2 Å². The van der Waals surface area contributed by atoms with Crippen LogP contribution in [0.1, 0.15) is 37.1 Å². The normalized spacial score (nSPS) is 13.8. The molecule has 0 radical (unpaired) electrons. The van der Waals surface area contributed by atoms with Gasteiger partial charge >= 0.3 is 0 Å². The third-order valence-electron chi connectivity index (χ3n) is 4.05. The van der Waals surface area contributed by atoms with Gasteiger partial charge in [0.05, 0.1) is 25.8 Å². The number of aliphatic imine (C=N–C) groups is 1. The van der Waals surface area contributed by atoms with E-state index in [0.717, 1.165) is 6.07 Å². The first-order valence-electron chi connectivity index (χ1n) is 8.76. The Morgan fingerprint density at radius 1 is 1.19 bits per heavy atom. The van der Waals surface area contributed by atoms with E-state index in [-0.39, 0.29) is 6.54 Å². The lowest BCUT2D eigenvalue weighted by atomic mass is 10.1. The molecular weight excluding hydrogens is 352 g/mol. The highest BCUT2D eigenvalue weighted by molar-refractivity contribution is 5.80. The number of ether oxygens (including phenoxy) is 1. The van der Waals surface area contributed by atoms with E-state index in [1.54, 1.807) is 38.3 Å². The smallest absolute Gasteiger partial charge is 0.191 e. The van der Waals surface area contributed by atoms with Crippen molar-refractivity contribution in [2.24, 2.45) is 4.99 Å². The molecule has 0 saturated heterocycles. The highest BCUT2D eigenvalue weighted by Gasteiger charge is 2.14. The molecule has 0 amide bonds. The molecule has 5 nitrogen and oxygen atoms in total. The molecule has 0 spiro atoms. The topological polar surface area (TPSA) is 65.9 Å². The lowest BCUT2D eigenvalue weighted by molar-refractivity contribution is 0.187. The van der Waals surface area contributed by atoms with Crippen molar-refractivity contribution in [3.63, 3.8) is 0 Å². The third kappa shape index (κ3) is 5.92. The summed E-state index contributed by atoms with van der Waals surface area (Å²) in [6.45, 7) is 4.38. The molecule has 0 aliphatic carbocycles. The fourth-order valence-corrected chi connectivity index (χ4v) is 2.56. The second-order valence-electron chi connectivity index (χ2n) is 6.04. The van der Waals surface area contributed by atoms with Gasteiger partial charge in [0.1, 0.15) is 17.4 Å². The second-order valence-corrected chi connectivity index (χ2v) is 6.04. The molecule has 2 aromatic carbocycles. The number of hydrogen-bond acceptors (Lipinski definition) is 3. The minimum absolute atomic E-state index is 0.125. The van der Waals surface area contributed by atoms with Gasteiger partial charge in [0.2, 0.25) is 0 Å². The zero-order valence-corrected chi connectivity index (χ0v) is 15.7. The molecule has 2 rings (SSSR count). The maximum atomic E-state index is 13.9. The number of methoxy groups -OCH3 is 1. The molecule has 0 fully saturated rings. The van der Waals surface area contributed by atoms with Crippen LogP contribution in [-0.2, 0) is 0 Å². The van der Waals surface area contributed by atoms with E-state index < -0.39 is 23.8 Å². The van der Waals surface area contributed by atoms with Crippen LogP contribution in [0.2, 0.25) is 0 Å². The Morgan fingerprint density at radius 3 is 2.48 bits per heavy atom. The summed E-state index contributed by atoms with van der Waals surface area (Å²) in [5.74, 6) is -0.100. The summed E-state index contributed by atoms with van der Waals surface area (Å²) in [6.07, 6.45) is -0.788. The second kappa shape index (κ2) is 9.87. The Labute approximate surface area is 158 Å². The number of halogens is 2. The van der Waals surface area contributed by atoms with Crippen LogP contribution < -0.4 is 15.4 Å². The Hall–Kier alpha value is -2.67. The van der Waals surface area contributed by atoms with Crippen molar-refractivity contribution in [1.29, 1.82) is 0 Å². The van der Waals surface area contributed by atoms with E-state index in [0.29, 0.717) is 29.4 Å². The molecular formula is C20H25F2N3O2. The largest absolute Gasteiger partial charge is 0.497 e. The summed E-state index contributed by atoms with van der Waals surface area (Å²) >= 11 is 0. The third-order valence-corrected chi connectivity index (χ3v) is 4.05. The average molecular weight is 377 g/mol. The van der Waals surface area contributed by atoms with Crippen LogP contribution >= 0.6 is 0 Å². The first-order chi connectivity index (χ1) is 12.9. The molecule has 146 valence electrons. The molecule has 0 saturated carbocycles. The predicted octanol–water partition coefficient (Wildman–Crippen LogP) is 3.32. The summed E-state index contributed by atoms with van der Waals surface area (Å²) in [5.41, 5.74) is 1.05. The number of hydrogen-bond donors (Lipinski definition) is 3.